The second-order valence-corrected chi connectivity index (χ2v) is 8.02. The predicted octanol–water partition coefficient (Wildman–Crippen LogP) is 3.93. The smallest absolute Gasteiger partial charge is 0.255 e. The Morgan fingerprint density at radius 2 is 1.86 bits per heavy atom. The highest BCUT2D eigenvalue weighted by Crippen LogP contribution is 2.32. The van der Waals surface area contributed by atoms with Crippen molar-refractivity contribution in [3.8, 4) is 0 Å². The molecule has 7 heteroatoms. The lowest BCUT2D eigenvalue weighted by Crippen LogP contribution is -2.28. The van der Waals surface area contributed by atoms with Gasteiger partial charge in [0.15, 0.2) is 5.16 Å². The van der Waals surface area contributed by atoms with Gasteiger partial charge in [-0.3, -0.25) is 9.59 Å². The van der Waals surface area contributed by atoms with Crippen molar-refractivity contribution in [1.82, 2.24) is 15.3 Å². The summed E-state index contributed by atoms with van der Waals surface area (Å²) < 4.78 is 12.9. The zero-order valence-electron chi connectivity index (χ0n) is 16.2. The number of carbonyl (C=O) groups is 1. The fraction of sp³-hybridized carbons (Fsp3) is 0.227. The summed E-state index contributed by atoms with van der Waals surface area (Å²) in [7, 11) is 0. The Labute approximate surface area is 172 Å². The van der Waals surface area contributed by atoms with Crippen molar-refractivity contribution in [3.63, 3.8) is 0 Å². The summed E-state index contributed by atoms with van der Waals surface area (Å²) in [6.07, 6.45) is -0.0610. The maximum absolute atomic E-state index is 12.9. The van der Waals surface area contributed by atoms with Gasteiger partial charge in [0, 0.05) is 23.1 Å². The average Bonchev–Trinajstić information content (AvgIpc) is 2.71. The van der Waals surface area contributed by atoms with Crippen LogP contribution in [0.15, 0.2) is 64.5 Å². The molecule has 3 aromatic rings. The maximum Gasteiger partial charge on any atom is 0.255 e. The summed E-state index contributed by atoms with van der Waals surface area (Å²) in [5, 5.41) is 3.40. The Bertz CT molecular complexity index is 1040. The van der Waals surface area contributed by atoms with Crippen molar-refractivity contribution in [2.75, 3.05) is 0 Å². The third-order valence-corrected chi connectivity index (χ3v) is 5.54. The van der Waals surface area contributed by atoms with Crippen LogP contribution in [-0.2, 0) is 17.8 Å². The Morgan fingerprint density at radius 1 is 1.17 bits per heavy atom. The lowest BCUT2D eigenvalue weighted by atomic mass is 10.1. The van der Waals surface area contributed by atoms with Crippen molar-refractivity contribution in [1.29, 1.82) is 0 Å². The number of rotatable bonds is 7. The minimum atomic E-state index is -0.326. The van der Waals surface area contributed by atoms with E-state index < -0.39 is 0 Å². The third-order valence-electron chi connectivity index (χ3n) is 4.50. The molecule has 1 unspecified atom stereocenters. The van der Waals surface area contributed by atoms with Crippen LogP contribution < -0.4 is 10.9 Å². The maximum atomic E-state index is 12.9. The van der Waals surface area contributed by atoms with E-state index in [2.05, 4.69) is 15.3 Å². The van der Waals surface area contributed by atoms with Gasteiger partial charge < -0.3 is 10.3 Å². The molecule has 0 fully saturated rings. The van der Waals surface area contributed by atoms with E-state index in [0.717, 1.165) is 11.1 Å². The van der Waals surface area contributed by atoms with E-state index in [0.29, 0.717) is 16.4 Å². The molecule has 1 heterocycles. The first-order valence-corrected chi connectivity index (χ1v) is 10.1. The van der Waals surface area contributed by atoms with Crippen molar-refractivity contribution in [2.45, 2.75) is 37.2 Å². The Morgan fingerprint density at radius 3 is 2.52 bits per heavy atom. The van der Waals surface area contributed by atoms with Crippen LogP contribution in [0, 0.1) is 12.7 Å². The number of thioether (sulfide) groups is 1. The van der Waals surface area contributed by atoms with Gasteiger partial charge in [0.25, 0.3) is 5.56 Å². The normalized spacial score (nSPS) is 11.8. The highest BCUT2D eigenvalue weighted by molar-refractivity contribution is 7.99. The molecule has 1 amide bonds. The predicted molar refractivity (Wildman–Crippen MR) is 112 cm³/mol. The number of aryl methyl sites for hydroxylation is 1. The first-order valence-electron chi connectivity index (χ1n) is 9.25. The molecule has 5 nitrogen and oxygen atoms in total. The van der Waals surface area contributed by atoms with Crippen LogP contribution in [0.5, 0.6) is 0 Å². The molecule has 3 rings (SSSR count). The molecular formula is C22H22FN3O2S. The summed E-state index contributed by atoms with van der Waals surface area (Å²) in [6.45, 7) is 4.05. The molecule has 0 saturated heterocycles. The molecule has 0 bridgehead atoms. The van der Waals surface area contributed by atoms with Gasteiger partial charge in [-0.25, -0.2) is 9.37 Å². The number of H-pyrrole nitrogens is 1. The first kappa shape index (κ1) is 20.8. The first-order chi connectivity index (χ1) is 13.9. The Hall–Kier alpha value is -2.93. The lowest BCUT2D eigenvalue weighted by molar-refractivity contribution is -0.120. The zero-order chi connectivity index (χ0) is 20.8. The van der Waals surface area contributed by atoms with Crippen molar-refractivity contribution in [2.24, 2.45) is 0 Å². The zero-order valence-corrected chi connectivity index (χ0v) is 17.1. The van der Waals surface area contributed by atoms with Crippen molar-refractivity contribution < 1.29 is 9.18 Å². The van der Waals surface area contributed by atoms with Gasteiger partial charge in [-0.15, -0.1) is 0 Å². The topological polar surface area (TPSA) is 74.8 Å². The summed E-state index contributed by atoms with van der Waals surface area (Å²) >= 11 is 1.46. The molecule has 0 spiro atoms. The summed E-state index contributed by atoms with van der Waals surface area (Å²) in [4.78, 5) is 32.0. The second kappa shape index (κ2) is 9.52. The molecular weight excluding hydrogens is 389 g/mol. The fourth-order valence-electron chi connectivity index (χ4n) is 2.83. The Kier molecular flexibility index (Phi) is 6.82. The highest BCUT2D eigenvalue weighted by atomic mass is 32.2. The van der Waals surface area contributed by atoms with E-state index in [1.165, 1.54) is 23.9 Å². The third kappa shape index (κ3) is 5.77. The van der Waals surface area contributed by atoms with Crippen LogP contribution in [0.1, 0.15) is 34.6 Å². The largest absolute Gasteiger partial charge is 0.352 e. The second-order valence-electron chi connectivity index (χ2n) is 6.69. The van der Waals surface area contributed by atoms with E-state index in [4.69, 9.17) is 0 Å². The van der Waals surface area contributed by atoms with Crippen LogP contribution in [0.4, 0.5) is 4.39 Å². The number of nitrogens with zero attached hydrogens (tertiary/aromatic N) is 1. The van der Waals surface area contributed by atoms with Crippen molar-refractivity contribution >= 4 is 17.7 Å². The number of aromatic nitrogens is 2. The minimum absolute atomic E-state index is 0.0610. The molecule has 1 aromatic heterocycles. The fourth-order valence-corrected chi connectivity index (χ4v) is 3.80. The van der Waals surface area contributed by atoms with E-state index >= 15 is 0 Å². The molecule has 2 N–H and O–H groups in total. The minimum Gasteiger partial charge on any atom is -0.352 e. The summed E-state index contributed by atoms with van der Waals surface area (Å²) in [5.74, 6) is -0.615. The molecule has 0 radical (unpaired) electrons. The van der Waals surface area contributed by atoms with E-state index in [-0.39, 0.29) is 35.5 Å². The van der Waals surface area contributed by atoms with Gasteiger partial charge in [-0.1, -0.05) is 54.2 Å². The highest BCUT2D eigenvalue weighted by Gasteiger charge is 2.15. The van der Waals surface area contributed by atoms with Gasteiger partial charge in [-0.05, 0) is 37.1 Å². The number of hydrogen-bond acceptors (Lipinski definition) is 4. The SMILES string of the molecule is Cc1nc(SC(C)c2ccccc2)[nH]c(=O)c1CC(=O)NCc1ccc(F)cc1. The number of amides is 1. The van der Waals surface area contributed by atoms with Gasteiger partial charge in [0.05, 0.1) is 6.42 Å². The molecule has 0 aliphatic carbocycles. The molecule has 29 heavy (non-hydrogen) atoms. The van der Waals surface area contributed by atoms with Crippen LogP contribution in [0.25, 0.3) is 0 Å². The van der Waals surface area contributed by atoms with Gasteiger partial charge in [0.1, 0.15) is 5.82 Å². The monoisotopic (exact) mass is 411 g/mol. The molecule has 2 aromatic carbocycles. The number of nitrogens with one attached hydrogen (secondary N) is 2. The number of carbonyl (C=O) groups excluding carboxylic acids is 1. The quantitative estimate of drug-likeness (QED) is 0.456. The standard InChI is InChI=1S/C22H22FN3O2S/c1-14-19(12-20(27)24-13-16-8-10-18(23)11-9-16)21(28)26-22(25-14)29-15(2)17-6-4-3-5-7-17/h3-11,15H,12-13H2,1-2H3,(H,24,27)(H,25,26,28). The lowest BCUT2D eigenvalue weighted by Gasteiger charge is -2.12. The van der Waals surface area contributed by atoms with E-state index in [9.17, 15) is 14.0 Å². The van der Waals surface area contributed by atoms with E-state index in [1.807, 2.05) is 37.3 Å². The molecule has 1 atom stereocenters. The average molecular weight is 412 g/mol. The van der Waals surface area contributed by atoms with Gasteiger partial charge in [-0.2, -0.15) is 0 Å². The number of hydrogen-bond donors (Lipinski definition) is 2. The van der Waals surface area contributed by atoms with Crippen LogP contribution in [0.3, 0.4) is 0 Å². The van der Waals surface area contributed by atoms with E-state index in [1.54, 1.807) is 19.1 Å². The summed E-state index contributed by atoms with van der Waals surface area (Å²) in [6, 6.07) is 15.9. The molecule has 150 valence electrons. The van der Waals surface area contributed by atoms with Crippen LogP contribution >= 0.6 is 11.8 Å². The molecule has 0 aliphatic heterocycles. The van der Waals surface area contributed by atoms with Crippen LogP contribution in [-0.4, -0.2) is 15.9 Å². The molecule has 0 saturated carbocycles. The number of benzene rings is 2. The van der Waals surface area contributed by atoms with Gasteiger partial charge in [0.2, 0.25) is 5.91 Å². The molecule has 0 aliphatic rings. The van der Waals surface area contributed by atoms with Gasteiger partial charge >= 0.3 is 0 Å². The van der Waals surface area contributed by atoms with Crippen molar-refractivity contribution in [3.05, 3.63) is 93.2 Å². The number of aromatic amines is 1. The van der Waals surface area contributed by atoms with Crippen LogP contribution in [0.2, 0.25) is 0 Å². The summed E-state index contributed by atoms with van der Waals surface area (Å²) in [5.41, 5.74) is 2.50. The Balaban J connectivity index is 1.63. The number of halogens is 1.